The van der Waals surface area contributed by atoms with E-state index in [0.29, 0.717) is 18.0 Å². The number of aliphatic carboxylic acids is 1. The van der Waals surface area contributed by atoms with Gasteiger partial charge in [0.25, 0.3) is 0 Å². The molecule has 114 valence electrons. The summed E-state index contributed by atoms with van der Waals surface area (Å²) in [5.41, 5.74) is 0.567. The van der Waals surface area contributed by atoms with Gasteiger partial charge in [0, 0.05) is 6.54 Å². The predicted octanol–water partition coefficient (Wildman–Crippen LogP) is 2.69. The van der Waals surface area contributed by atoms with Gasteiger partial charge in [0.05, 0.1) is 0 Å². The van der Waals surface area contributed by atoms with Gasteiger partial charge in [0.1, 0.15) is 0 Å². The molecule has 0 saturated heterocycles. The van der Waals surface area contributed by atoms with Crippen molar-refractivity contribution >= 4 is 12.0 Å². The van der Waals surface area contributed by atoms with Crippen LogP contribution < -0.4 is 10.6 Å². The molecule has 1 aromatic carbocycles. The van der Waals surface area contributed by atoms with Crippen LogP contribution in [0.4, 0.5) is 4.79 Å². The van der Waals surface area contributed by atoms with Crippen molar-refractivity contribution in [3.8, 4) is 0 Å². The minimum absolute atomic E-state index is 0.420. The fourth-order valence-electron chi connectivity index (χ4n) is 2.74. The number of urea groups is 1. The van der Waals surface area contributed by atoms with Crippen LogP contribution in [-0.2, 0) is 4.79 Å². The van der Waals surface area contributed by atoms with Crippen LogP contribution in [0.2, 0.25) is 0 Å². The number of rotatable bonds is 5. The topological polar surface area (TPSA) is 78.4 Å². The molecule has 3 N–H and O–H groups in total. The maximum atomic E-state index is 11.9. The fourth-order valence-corrected chi connectivity index (χ4v) is 2.74. The Hall–Kier alpha value is -2.04. The summed E-state index contributed by atoms with van der Waals surface area (Å²) in [5, 5.41) is 14.6. The van der Waals surface area contributed by atoms with E-state index in [2.05, 4.69) is 10.6 Å². The standard InChI is InChI=1S/C16H22N2O3/c19-15(20)14(13-9-5-2-6-10-13)18-16(21)17-11-12-7-3-1-4-8-12/h2,5-6,9-10,12,14H,1,3-4,7-8,11H2,(H,19,20)(H2,17,18,21)/t14-/m1/s1. The quantitative estimate of drug-likeness (QED) is 0.780. The highest BCUT2D eigenvalue weighted by Gasteiger charge is 2.22. The van der Waals surface area contributed by atoms with Gasteiger partial charge in [0.2, 0.25) is 0 Å². The van der Waals surface area contributed by atoms with E-state index >= 15 is 0 Å². The Morgan fingerprint density at radius 3 is 2.43 bits per heavy atom. The van der Waals surface area contributed by atoms with Gasteiger partial charge in [-0.05, 0) is 24.3 Å². The number of carbonyl (C=O) groups is 2. The van der Waals surface area contributed by atoms with E-state index in [-0.39, 0.29) is 0 Å². The molecule has 0 aromatic heterocycles. The average molecular weight is 290 g/mol. The minimum atomic E-state index is -1.06. The summed E-state index contributed by atoms with van der Waals surface area (Å²) in [6.45, 7) is 0.618. The van der Waals surface area contributed by atoms with Crippen molar-refractivity contribution in [2.24, 2.45) is 5.92 Å². The monoisotopic (exact) mass is 290 g/mol. The molecule has 5 nitrogen and oxygen atoms in total. The molecule has 1 aromatic rings. The average Bonchev–Trinajstić information content (AvgIpc) is 2.52. The van der Waals surface area contributed by atoms with Crippen molar-refractivity contribution < 1.29 is 14.7 Å². The minimum Gasteiger partial charge on any atom is -0.479 e. The Kier molecular flexibility index (Phi) is 5.60. The van der Waals surface area contributed by atoms with Crippen LogP contribution in [0, 0.1) is 5.92 Å². The van der Waals surface area contributed by atoms with E-state index in [1.807, 2.05) is 6.07 Å². The normalized spacial score (nSPS) is 17.0. The molecule has 2 rings (SSSR count). The third-order valence-electron chi connectivity index (χ3n) is 3.93. The lowest BCUT2D eigenvalue weighted by molar-refractivity contribution is -0.139. The maximum absolute atomic E-state index is 11.9. The van der Waals surface area contributed by atoms with Gasteiger partial charge in [0.15, 0.2) is 6.04 Å². The van der Waals surface area contributed by atoms with Crippen molar-refractivity contribution in [3.63, 3.8) is 0 Å². The lowest BCUT2D eigenvalue weighted by Crippen LogP contribution is -2.42. The molecule has 1 fully saturated rings. The van der Waals surface area contributed by atoms with Crippen LogP contribution in [0.3, 0.4) is 0 Å². The Morgan fingerprint density at radius 2 is 1.81 bits per heavy atom. The summed E-state index contributed by atoms with van der Waals surface area (Å²) >= 11 is 0. The molecule has 0 radical (unpaired) electrons. The molecule has 1 saturated carbocycles. The highest BCUT2D eigenvalue weighted by Crippen LogP contribution is 2.22. The number of carbonyl (C=O) groups excluding carboxylic acids is 1. The summed E-state index contributed by atoms with van der Waals surface area (Å²) in [6, 6.07) is 7.28. The van der Waals surface area contributed by atoms with Crippen LogP contribution in [0.1, 0.15) is 43.7 Å². The second kappa shape index (κ2) is 7.67. The summed E-state index contributed by atoms with van der Waals surface area (Å²) in [6.07, 6.45) is 5.99. The van der Waals surface area contributed by atoms with Crippen LogP contribution in [0.15, 0.2) is 30.3 Å². The molecule has 1 aliphatic carbocycles. The molecule has 1 atom stereocenters. The second-order valence-corrected chi connectivity index (χ2v) is 5.54. The molecule has 0 bridgehead atoms. The van der Waals surface area contributed by atoms with Crippen molar-refractivity contribution in [2.75, 3.05) is 6.54 Å². The van der Waals surface area contributed by atoms with Gasteiger partial charge >= 0.3 is 12.0 Å². The van der Waals surface area contributed by atoms with E-state index in [0.717, 1.165) is 12.8 Å². The van der Waals surface area contributed by atoms with Gasteiger partial charge < -0.3 is 15.7 Å². The number of hydrogen-bond donors (Lipinski definition) is 3. The van der Waals surface area contributed by atoms with E-state index in [4.69, 9.17) is 0 Å². The third kappa shape index (κ3) is 4.77. The first-order valence-electron chi connectivity index (χ1n) is 7.49. The lowest BCUT2D eigenvalue weighted by atomic mass is 9.89. The molecule has 1 aliphatic rings. The van der Waals surface area contributed by atoms with Gasteiger partial charge in [-0.15, -0.1) is 0 Å². The molecule has 0 heterocycles. The Morgan fingerprint density at radius 1 is 1.14 bits per heavy atom. The molecular weight excluding hydrogens is 268 g/mol. The number of amides is 2. The first-order valence-corrected chi connectivity index (χ1v) is 7.49. The second-order valence-electron chi connectivity index (χ2n) is 5.54. The lowest BCUT2D eigenvalue weighted by Gasteiger charge is -2.22. The van der Waals surface area contributed by atoms with Gasteiger partial charge in [-0.1, -0.05) is 49.6 Å². The maximum Gasteiger partial charge on any atom is 0.330 e. The summed E-state index contributed by atoms with van der Waals surface area (Å²) in [7, 11) is 0. The van der Waals surface area contributed by atoms with Crippen LogP contribution >= 0.6 is 0 Å². The zero-order chi connectivity index (χ0) is 15.1. The zero-order valence-electron chi connectivity index (χ0n) is 12.0. The Labute approximate surface area is 124 Å². The summed E-state index contributed by atoms with van der Waals surface area (Å²) in [4.78, 5) is 23.2. The summed E-state index contributed by atoms with van der Waals surface area (Å²) in [5.74, 6) is -0.543. The smallest absolute Gasteiger partial charge is 0.330 e. The largest absolute Gasteiger partial charge is 0.479 e. The highest BCUT2D eigenvalue weighted by molar-refractivity contribution is 5.83. The van der Waals surface area contributed by atoms with Gasteiger partial charge in [-0.2, -0.15) is 0 Å². The number of carboxylic acid groups (broad SMARTS) is 1. The van der Waals surface area contributed by atoms with Crippen LogP contribution in [0.5, 0.6) is 0 Å². The summed E-state index contributed by atoms with van der Waals surface area (Å²) < 4.78 is 0. The predicted molar refractivity (Wildman–Crippen MR) is 79.9 cm³/mol. The van der Waals surface area contributed by atoms with Crippen molar-refractivity contribution in [2.45, 2.75) is 38.1 Å². The first-order chi connectivity index (χ1) is 10.2. The Balaban J connectivity index is 1.85. The van der Waals surface area contributed by atoms with Gasteiger partial charge in [-0.3, -0.25) is 0 Å². The molecular formula is C16H22N2O3. The van der Waals surface area contributed by atoms with Gasteiger partial charge in [-0.25, -0.2) is 9.59 Å². The molecule has 2 amide bonds. The SMILES string of the molecule is O=C(NCC1CCCCC1)N[C@@H](C(=O)O)c1ccccc1. The molecule has 0 spiro atoms. The van der Waals surface area contributed by atoms with E-state index in [1.54, 1.807) is 24.3 Å². The highest BCUT2D eigenvalue weighted by atomic mass is 16.4. The van der Waals surface area contributed by atoms with Crippen molar-refractivity contribution in [3.05, 3.63) is 35.9 Å². The van der Waals surface area contributed by atoms with Crippen molar-refractivity contribution in [1.82, 2.24) is 10.6 Å². The molecule has 5 heteroatoms. The van der Waals surface area contributed by atoms with Crippen LogP contribution in [0.25, 0.3) is 0 Å². The van der Waals surface area contributed by atoms with Crippen molar-refractivity contribution in [1.29, 1.82) is 0 Å². The Bertz CT molecular complexity index is 470. The van der Waals surface area contributed by atoms with Crippen LogP contribution in [-0.4, -0.2) is 23.7 Å². The fraction of sp³-hybridized carbons (Fsp3) is 0.500. The first kappa shape index (κ1) is 15.4. The number of hydrogen-bond acceptors (Lipinski definition) is 2. The van der Waals surface area contributed by atoms with E-state index < -0.39 is 18.0 Å². The molecule has 21 heavy (non-hydrogen) atoms. The third-order valence-corrected chi connectivity index (χ3v) is 3.93. The zero-order valence-corrected chi connectivity index (χ0v) is 12.0. The number of nitrogens with one attached hydrogen (secondary N) is 2. The molecule has 0 aliphatic heterocycles. The number of benzene rings is 1. The van der Waals surface area contributed by atoms with E-state index in [1.165, 1.54) is 19.3 Å². The molecule has 0 unspecified atom stereocenters. The van der Waals surface area contributed by atoms with E-state index in [9.17, 15) is 14.7 Å². The number of carboxylic acids is 1.